The van der Waals surface area contributed by atoms with Gasteiger partial charge < -0.3 is 15.0 Å². The van der Waals surface area contributed by atoms with Crippen molar-refractivity contribution in [1.82, 2.24) is 4.90 Å². The monoisotopic (exact) mass is 362 g/mol. The van der Waals surface area contributed by atoms with Crippen LogP contribution < -0.4 is 10.1 Å². The minimum absolute atomic E-state index is 0.0885. The highest BCUT2D eigenvalue weighted by Gasteiger charge is 2.33. The number of hydrogen-bond donors (Lipinski definition) is 1. The molecule has 0 saturated heterocycles. The van der Waals surface area contributed by atoms with Crippen LogP contribution in [-0.4, -0.2) is 17.9 Å². The second kappa shape index (κ2) is 7.11. The minimum atomic E-state index is -0.479. The zero-order valence-electron chi connectivity index (χ0n) is 14.9. The quantitative estimate of drug-likeness (QED) is 0.737. The van der Waals surface area contributed by atoms with Crippen LogP contribution in [0.4, 0.5) is 10.1 Å². The van der Waals surface area contributed by atoms with Crippen LogP contribution in [0.3, 0.4) is 0 Å². The van der Waals surface area contributed by atoms with E-state index in [4.69, 9.17) is 4.74 Å². The first-order valence-corrected chi connectivity index (χ1v) is 8.71. The smallest absolute Gasteiger partial charge is 0.258 e. The molecule has 0 fully saturated rings. The molecule has 1 amide bonds. The molecule has 1 atom stereocenters. The van der Waals surface area contributed by atoms with E-state index in [0.29, 0.717) is 17.7 Å². The number of ether oxygens (including phenoxy) is 1. The summed E-state index contributed by atoms with van der Waals surface area (Å²) in [5, 5.41) is 3.38. The van der Waals surface area contributed by atoms with Crippen molar-refractivity contribution in [2.24, 2.45) is 0 Å². The van der Waals surface area contributed by atoms with E-state index in [1.165, 1.54) is 13.2 Å². The zero-order valence-corrected chi connectivity index (χ0v) is 14.9. The van der Waals surface area contributed by atoms with Crippen LogP contribution in [0, 0.1) is 5.82 Å². The van der Waals surface area contributed by atoms with Gasteiger partial charge in [-0.05, 0) is 35.4 Å². The third-order valence-corrected chi connectivity index (χ3v) is 4.71. The lowest BCUT2D eigenvalue weighted by Gasteiger charge is -2.38. The predicted molar refractivity (Wildman–Crippen MR) is 102 cm³/mol. The summed E-state index contributed by atoms with van der Waals surface area (Å²) >= 11 is 0. The number of amides is 1. The van der Waals surface area contributed by atoms with Crippen LogP contribution >= 0.6 is 0 Å². The summed E-state index contributed by atoms with van der Waals surface area (Å²) in [5.74, 6) is -0.368. The Morgan fingerprint density at radius 2 is 1.78 bits per heavy atom. The molecule has 0 aliphatic carbocycles. The van der Waals surface area contributed by atoms with Crippen molar-refractivity contribution in [1.29, 1.82) is 0 Å². The van der Waals surface area contributed by atoms with E-state index in [1.54, 1.807) is 23.1 Å². The summed E-state index contributed by atoms with van der Waals surface area (Å²) in [7, 11) is 1.43. The largest absolute Gasteiger partial charge is 0.494 e. The van der Waals surface area contributed by atoms with Gasteiger partial charge in [0.15, 0.2) is 11.6 Å². The topological polar surface area (TPSA) is 41.6 Å². The van der Waals surface area contributed by atoms with E-state index in [-0.39, 0.29) is 11.7 Å². The van der Waals surface area contributed by atoms with Crippen molar-refractivity contribution in [3.63, 3.8) is 0 Å². The van der Waals surface area contributed by atoms with Gasteiger partial charge in [0.1, 0.15) is 6.17 Å². The highest BCUT2D eigenvalue weighted by molar-refractivity contribution is 6.01. The maximum atomic E-state index is 14.3. The third-order valence-electron chi connectivity index (χ3n) is 4.71. The maximum Gasteiger partial charge on any atom is 0.258 e. The minimum Gasteiger partial charge on any atom is -0.494 e. The van der Waals surface area contributed by atoms with Gasteiger partial charge in [0, 0.05) is 12.2 Å². The van der Waals surface area contributed by atoms with Crippen molar-refractivity contribution in [3.8, 4) is 5.75 Å². The molecule has 0 saturated carbocycles. The molecule has 1 aliphatic rings. The summed E-state index contributed by atoms with van der Waals surface area (Å²) in [6.07, 6.45) is -0.479. The van der Waals surface area contributed by atoms with Crippen molar-refractivity contribution in [2.45, 2.75) is 12.7 Å². The highest BCUT2D eigenvalue weighted by Crippen LogP contribution is 2.35. The van der Waals surface area contributed by atoms with Crippen molar-refractivity contribution < 1.29 is 13.9 Å². The van der Waals surface area contributed by atoms with E-state index in [0.717, 1.165) is 11.3 Å². The molecule has 5 heteroatoms. The molecule has 3 aromatic rings. The van der Waals surface area contributed by atoms with Gasteiger partial charge in [0.2, 0.25) is 0 Å². The molecule has 0 aromatic heterocycles. The number of benzene rings is 3. The van der Waals surface area contributed by atoms with E-state index in [9.17, 15) is 9.18 Å². The second-order valence-electron chi connectivity index (χ2n) is 6.41. The SMILES string of the molecule is COc1ccc([C@H]2Nc3ccccc3C(=O)N2Cc2ccccc2)cc1F. The van der Waals surface area contributed by atoms with Gasteiger partial charge in [-0.1, -0.05) is 48.5 Å². The molecule has 0 unspecified atom stereocenters. The number of nitrogens with zero attached hydrogens (tertiary/aromatic N) is 1. The summed E-state index contributed by atoms with van der Waals surface area (Å²) < 4.78 is 19.3. The van der Waals surface area contributed by atoms with Gasteiger partial charge in [-0.15, -0.1) is 0 Å². The first kappa shape index (κ1) is 17.1. The van der Waals surface area contributed by atoms with Gasteiger partial charge in [0.25, 0.3) is 5.91 Å². The first-order valence-electron chi connectivity index (χ1n) is 8.71. The lowest BCUT2D eigenvalue weighted by Crippen LogP contribution is -2.42. The number of methoxy groups -OCH3 is 1. The van der Waals surface area contributed by atoms with E-state index in [2.05, 4.69) is 5.32 Å². The Balaban J connectivity index is 1.76. The van der Waals surface area contributed by atoms with E-state index >= 15 is 0 Å². The molecule has 136 valence electrons. The Morgan fingerprint density at radius 1 is 1.04 bits per heavy atom. The zero-order chi connectivity index (χ0) is 18.8. The molecule has 4 rings (SSSR count). The molecule has 1 N–H and O–H groups in total. The highest BCUT2D eigenvalue weighted by atomic mass is 19.1. The molecule has 0 bridgehead atoms. The summed E-state index contributed by atoms with van der Waals surface area (Å²) in [5.41, 5.74) is 3.02. The van der Waals surface area contributed by atoms with Crippen LogP contribution in [0.15, 0.2) is 72.8 Å². The Hall–Kier alpha value is -3.34. The van der Waals surface area contributed by atoms with Crippen LogP contribution in [0.1, 0.15) is 27.7 Å². The number of rotatable bonds is 4. The number of hydrogen-bond acceptors (Lipinski definition) is 3. The first-order chi connectivity index (χ1) is 13.2. The van der Waals surface area contributed by atoms with Crippen LogP contribution in [0.5, 0.6) is 5.75 Å². The second-order valence-corrected chi connectivity index (χ2v) is 6.41. The van der Waals surface area contributed by atoms with Gasteiger partial charge in [-0.3, -0.25) is 4.79 Å². The Morgan fingerprint density at radius 3 is 2.52 bits per heavy atom. The van der Waals surface area contributed by atoms with Crippen LogP contribution in [0.25, 0.3) is 0 Å². The predicted octanol–water partition coefficient (Wildman–Crippen LogP) is 4.60. The summed E-state index contributed by atoms with van der Waals surface area (Å²) in [4.78, 5) is 14.9. The number of nitrogens with one attached hydrogen (secondary N) is 1. The van der Waals surface area contributed by atoms with Gasteiger partial charge >= 0.3 is 0 Å². The standard InChI is InChI=1S/C22H19FN2O2/c1-27-20-12-11-16(13-18(20)23)21-24-19-10-6-5-9-17(19)22(26)25(21)14-15-7-3-2-4-8-15/h2-13,21,24H,14H2,1H3/t21-/m0/s1. The average Bonchev–Trinajstić information content (AvgIpc) is 2.71. The lowest BCUT2D eigenvalue weighted by atomic mass is 10.0. The Bertz CT molecular complexity index is 975. The molecular weight excluding hydrogens is 343 g/mol. The van der Waals surface area contributed by atoms with Gasteiger partial charge in [-0.25, -0.2) is 4.39 Å². The number of para-hydroxylation sites is 1. The number of fused-ring (bicyclic) bond motifs is 1. The number of anilines is 1. The molecule has 4 nitrogen and oxygen atoms in total. The average molecular weight is 362 g/mol. The fraction of sp³-hybridized carbons (Fsp3) is 0.136. The van der Waals surface area contributed by atoms with Crippen molar-refractivity contribution in [2.75, 3.05) is 12.4 Å². The van der Waals surface area contributed by atoms with Crippen LogP contribution in [-0.2, 0) is 6.54 Å². The van der Waals surface area contributed by atoms with Crippen LogP contribution in [0.2, 0.25) is 0 Å². The van der Waals surface area contributed by atoms with Crippen molar-refractivity contribution in [3.05, 3.63) is 95.3 Å². The molecule has 1 aliphatic heterocycles. The molecule has 1 heterocycles. The van der Waals surface area contributed by atoms with Gasteiger partial charge in [0.05, 0.1) is 12.7 Å². The number of halogens is 1. The van der Waals surface area contributed by atoms with E-state index < -0.39 is 12.0 Å². The number of carbonyl (C=O) groups excluding carboxylic acids is 1. The summed E-state index contributed by atoms with van der Waals surface area (Å²) in [6, 6.07) is 21.9. The Labute approximate surface area is 157 Å². The molecular formula is C22H19FN2O2. The van der Waals surface area contributed by atoms with Gasteiger partial charge in [-0.2, -0.15) is 0 Å². The number of carbonyl (C=O) groups is 1. The normalized spacial score (nSPS) is 15.9. The third kappa shape index (κ3) is 3.24. The molecule has 0 spiro atoms. The molecule has 3 aromatic carbocycles. The van der Waals surface area contributed by atoms with Crippen molar-refractivity contribution >= 4 is 11.6 Å². The fourth-order valence-electron chi connectivity index (χ4n) is 3.35. The van der Waals surface area contributed by atoms with E-state index in [1.807, 2.05) is 48.5 Å². The lowest BCUT2D eigenvalue weighted by molar-refractivity contribution is 0.0666. The Kier molecular flexibility index (Phi) is 4.50. The molecule has 0 radical (unpaired) electrons. The maximum absolute atomic E-state index is 14.3. The molecule has 27 heavy (non-hydrogen) atoms. The summed E-state index contributed by atoms with van der Waals surface area (Å²) in [6.45, 7) is 0.416. The fourth-order valence-corrected chi connectivity index (χ4v) is 3.35.